The molecule has 1 aliphatic heterocycles. The summed E-state index contributed by atoms with van der Waals surface area (Å²) in [6.45, 7) is 5.30. The second-order valence-corrected chi connectivity index (χ2v) is 5.90. The molecule has 2 rings (SSSR count). The summed E-state index contributed by atoms with van der Waals surface area (Å²) in [5.41, 5.74) is 1.95. The quantitative estimate of drug-likeness (QED) is 0.819. The molecule has 1 heterocycles. The van der Waals surface area contributed by atoms with Gasteiger partial charge >= 0.3 is 10.2 Å². The van der Waals surface area contributed by atoms with Gasteiger partial charge in [-0.1, -0.05) is 32.0 Å². The summed E-state index contributed by atoms with van der Waals surface area (Å²) in [6.07, 6.45) is 0.802. The van der Waals surface area contributed by atoms with Crippen LogP contribution in [0.1, 0.15) is 19.4 Å². The SMILES string of the molecule is CCN(CC)S(=O)(=O)N1CCc2ccccc21. The van der Waals surface area contributed by atoms with Gasteiger partial charge in [-0.15, -0.1) is 0 Å². The molecular formula is C12H18N2O2S. The maximum atomic E-state index is 12.4. The number of anilines is 1. The summed E-state index contributed by atoms with van der Waals surface area (Å²) in [4.78, 5) is 0. The molecule has 0 atom stereocenters. The Balaban J connectivity index is 2.37. The lowest BCUT2D eigenvalue weighted by Gasteiger charge is -2.27. The van der Waals surface area contributed by atoms with Crippen LogP contribution in [0.15, 0.2) is 24.3 Å². The maximum Gasteiger partial charge on any atom is 0.304 e. The smallest absolute Gasteiger partial charge is 0.257 e. The molecule has 0 unspecified atom stereocenters. The Morgan fingerprint density at radius 1 is 1.24 bits per heavy atom. The molecule has 0 saturated carbocycles. The van der Waals surface area contributed by atoms with Crippen molar-refractivity contribution in [1.29, 1.82) is 0 Å². The van der Waals surface area contributed by atoms with Crippen LogP contribution < -0.4 is 4.31 Å². The highest BCUT2D eigenvalue weighted by molar-refractivity contribution is 7.90. The standard InChI is InChI=1S/C12H18N2O2S/c1-3-13(4-2)17(15,16)14-10-9-11-7-5-6-8-12(11)14/h5-8H,3-4,9-10H2,1-2H3. The minimum Gasteiger partial charge on any atom is -0.257 e. The van der Waals surface area contributed by atoms with Gasteiger partial charge in [0.25, 0.3) is 0 Å². The molecule has 17 heavy (non-hydrogen) atoms. The Labute approximate surface area is 103 Å². The van der Waals surface area contributed by atoms with Crippen LogP contribution in [-0.2, 0) is 16.6 Å². The van der Waals surface area contributed by atoms with Crippen molar-refractivity contribution in [1.82, 2.24) is 4.31 Å². The van der Waals surface area contributed by atoms with Crippen LogP contribution in [0.25, 0.3) is 0 Å². The van der Waals surface area contributed by atoms with Crippen LogP contribution in [0.2, 0.25) is 0 Å². The van der Waals surface area contributed by atoms with Gasteiger partial charge in [0, 0.05) is 19.6 Å². The van der Waals surface area contributed by atoms with Crippen molar-refractivity contribution in [3.8, 4) is 0 Å². The van der Waals surface area contributed by atoms with E-state index in [-0.39, 0.29) is 0 Å². The summed E-state index contributed by atoms with van der Waals surface area (Å²) in [7, 11) is -3.35. The number of hydrogen-bond donors (Lipinski definition) is 0. The minimum atomic E-state index is -3.35. The molecule has 4 nitrogen and oxygen atoms in total. The van der Waals surface area contributed by atoms with Crippen molar-refractivity contribution in [2.24, 2.45) is 0 Å². The second-order valence-electron chi connectivity index (χ2n) is 4.04. The van der Waals surface area contributed by atoms with Crippen LogP contribution >= 0.6 is 0 Å². The minimum absolute atomic E-state index is 0.511. The topological polar surface area (TPSA) is 40.6 Å². The van der Waals surface area contributed by atoms with Gasteiger partial charge in [0.1, 0.15) is 0 Å². The van der Waals surface area contributed by atoms with E-state index in [0.717, 1.165) is 17.7 Å². The van der Waals surface area contributed by atoms with Crippen molar-refractivity contribution < 1.29 is 8.42 Å². The van der Waals surface area contributed by atoms with Crippen molar-refractivity contribution in [2.75, 3.05) is 23.9 Å². The summed E-state index contributed by atoms with van der Waals surface area (Å²) in [6, 6.07) is 7.71. The van der Waals surface area contributed by atoms with Gasteiger partial charge in [-0.2, -0.15) is 12.7 Å². The third-order valence-electron chi connectivity index (χ3n) is 3.15. The van der Waals surface area contributed by atoms with Gasteiger partial charge in [-0.3, -0.25) is 4.31 Å². The third kappa shape index (κ3) is 2.05. The van der Waals surface area contributed by atoms with Gasteiger partial charge < -0.3 is 0 Å². The third-order valence-corrected chi connectivity index (χ3v) is 5.26. The van der Waals surface area contributed by atoms with E-state index in [0.29, 0.717) is 19.6 Å². The highest BCUT2D eigenvalue weighted by atomic mass is 32.2. The average molecular weight is 254 g/mol. The van der Waals surface area contributed by atoms with Crippen LogP contribution in [-0.4, -0.2) is 32.4 Å². The molecule has 0 fully saturated rings. The van der Waals surface area contributed by atoms with E-state index in [4.69, 9.17) is 0 Å². The van der Waals surface area contributed by atoms with Gasteiger partial charge in [0.2, 0.25) is 0 Å². The fourth-order valence-electron chi connectivity index (χ4n) is 2.24. The molecule has 0 bridgehead atoms. The molecule has 0 aromatic heterocycles. The average Bonchev–Trinajstić information content (AvgIpc) is 2.74. The first-order valence-electron chi connectivity index (χ1n) is 5.97. The number of nitrogens with zero attached hydrogens (tertiary/aromatic N) is 2. The first-order chi connectivity index (χ1) is 8.11. The van der Waals surface area contributed by atoms with Crippen molar-refractivity contribution in [3.63, 3.8) is 0 Å². The van der Waals surface area contributed by atoms with E-state index < -0.39 is 10.2 Å². The van der Waals surface area contributed by atoms with Crippen LogP contribution in [0.5, 0.6) is 0 Å². The fourth-order valence-corrected chi connectivity index (χ4v) is 3.92. The van der Waals surface area contributed by atoms with E-state index in [9.17, 15) is 8.42 Å². The lowest BCUT2D eigenvalue weighted by molar-refractivity contribution is 0.443. The van der Waals surface area contributed by atoms with Crippen LogP contribution in [0, 0.1) is 0 Å². The number of rotatable bonds is 4. The van der Waals surface area contributed by atoms with Crippen molar-refractivity contribution in [2.45, 2.75) is 20.3 Å². The van der Waals surface area contributed by atoms with Crippen molar-refractivity contribution >= 4 is 15.9 Å². The maximum absolute atomic E-state index is 12.4. The monoisotopic (exact) mass is 254 g/mol. The zero-order valence-electron chi connectivity index (χ0n) is 10.3. The van der Waals surface area contributed by atoms with Gasteiger partial charge in [0.05, 0.1) is 5.69 Å². The number of hydrogen-bond acceptors (Lipinski definition) is 2. The molecule has 0 radical (unpaired) electrons. The molecule has 1 aliphatic rings. The molecular weight excluding hydrogens is 236 g/mol. The highest BCUT2D eigenvalue weighted by Crippen LogP contribution is 2.30. The summed E-state index contributed by atoms with van der Waals surface area (Å²) in [5.74, 6) is 0. The van der Waals surface area contributed by atoms with E-state index >= 15 is 0 Å². The Hall–Kier alpha value is -1.07. The second kappa shape index (κ2) is 4.66. The Morgan fingerprint density at radius 3 is 2.53 bits per heavy atom. The predicted octanol–water partition coefficient (Wildman–Crippen LogP) is 1.64. The number of benzene rings is 1. The molecule has 1 aromatic rings. The van der Waals surface area contributed by atoms with Crippen LogP contribution in [0.3, 0.4) is 0 Å². The molecule has 0 N–H and O–H groups in total. The molecule has 0 amide bonds. The van der Waals surface area contributed by atoms with E-state index in [1.165, 1.54) is 8.61 Å². The normalized spacial score (nSPS) is 15.4. The predicted molar refractivity (Wildman–Crippen MR) is 69.3 cm³/mol. The first kappa shape index (κ1) is 12.4. The fraction of sp³-hybridized carbons (Fsp3) is 0.500. The zero-order chi connectivity index (χ0) is 12.5. The summed E-state index contributed by atoms with van der Waals surface area (Å²) < 4.78 is 27.8. The number of fused-ring (bicyclic) bond motifs is 1. The number of para-hydroxylation sites is 1. The van der Waals surface area contributed by atoms with E-state index in [1.54, 1.807) is 0 Å². The van der Waals surface area contributed by atoms with Gasteiger partial charge in [-0.05, 0) is 18.1 Å². The highest BCUT2D eigenvalue weighted by Gasteiger charge is 2.32. The molecule has 94 valence electrons. The van der Waals surface area contributed by atoms with Crippen molar-refractivity contribution in [3.05, 3.63) is 29.8 Å². The molecule has 0 saturated heterocycles. The molecule has 0 spiro atoms. The van der Waals surface area contributed by atoms with Gasteiger partial charge in [0.15, 0.2) is 0 Å². The Morgan fingerprint density at radius 2 is 1.88 bits per heavy atom. The summed E-state index contributed by atoms with van der Waals surface area (Å²) >= 11 is 0. The lowest BCUT2D eigenvalue weighted by Crippen LogP contribution is -2.43. The molecule has 0 aliphatic carbocycles. The lowest BCUT2D eigenvalue weighted by atomic mass is 10.2. The van der Waals surface area contributed by atoms with Crippen LogP contribution in [0.4, 0.5) is 5.69 Å². The first-order valence-corrected chi connectivity index (χ1v) is 7.36. The largest absolute Gasteiger partial charge is 0.304 e. The Kier molecular flexibility index (Phi) is 3.40. The Bertz CT molecular complexity index is 495. The molecule has 5 heteroatoms. The zero-order valence-corrected chi connectivity index (χ0v) is 11.1. The molecule has 1 aromatic carbocycles. The van der Waals surface area contributed by atoms with E-state index in [2.05, 4.69) is 0 Å². The van der Waals surface area contributed by atoms with E-state index in [1.807, 2.05) is 38.1 Å². The van der Waals surface area contributed by atoms with Gasteiger partial charge in [-0.25, -0.2) is 0 Å². The summed E-state index contributed by atoms with van der Waals surface area (Å²) in [5, 5.41) is 0.